The number of rotatable bonds is 10. The van der Waals surface area contributed by atoms with Gasteiger partial charge in [0.25, 0.3) is 5.91 Å². The molecule has 0 N–H and O–H groups in total. The average molecular weight is 357 g/mol. The molecule has 1 saturated heterocycles. The van der Waals surface area contributed by atoms with Crippen molar-refractivity contribution in [3.8, 4) is 0 Å². The Bertz CT molecular complexity index is 614. The van der Waals surface area contributed by atoms with Gasteiger partial charge in [-0.05, 0) is 36.5 Å². The third kappa shape index (κ3) is 4.63. The molecule has 0 bridgehead atoms. The van der Waals surface area contributed by atoms with Crippen molar-refractivity contribution in [1.29, 1.82) is 0 Å². The lowest BCUT2D eigenvalue weighted by Crippen LogP contribution is -2.51. The summed E-state index contributed by atoms with van der Waals surface area (Å²) in [6.45, 7) is 11.4. The smallest absolute Gasteiger partial charge is 0.260 e. The van der Waals surface area contributed by atoms with Crippen LogP contribution in [-0.4, -0.2) is 42.2 Å². The normalized spacial score (nSPS) is 18.5. The van der Waals surface area contributed by atoms with E-state index in [1.165, 1.54) is 6.08 Å². The number of unbranched alkanes of at least 4 members (excludes halogenated alkanes) is 1. The lowest BCUT2D eigenvalue weighted by atomic mass is 9.95. The van der Waals surface area contributed by atoms with Crippen LogP contribution in [0.5, 0.6) is 0 Å². The molecule has 1 amide bonds. The number of carbonyl (C=O) groups is 1. The minimum atomic E-state index is -0.0482. The lowest BCUT2D eigenvalue weighted by Gasteiger charge is -2.41. The van der Waals surface area contributed by atoms with Crippen molar-refractivity contribution in [2.24, 2.45) is 0 Å². The zero-order valence-corrected chi connectivity index (χ0v) is 16.2. The summed E-state index contributed by atoms with van der Waals surface area (Å²) in [7, 11) is 1.72. The maximum atomic E-state index is 12.9. The molecule has 4 nitrogen and oxygen atoms in total. The summed E-state index contributed by atoms with van der Waals surface area (Å²) in [4.78, 5) is 12.9. The Hall–Kier alpha value is -1.91. The van der Waals surface area contributed by atoms with Crippen LogP contribution in [0.15, 0.2) is 43.5 Å². The van der Waals surface area contributed by atoms with Crippen LogP contribution in [0, 0.1) is 0 Å². The molecule has 0 spiro atoms. The number of carbonyl (C=O) groups excluding carboxylic acids is 1. The minimum absolute atomic E-state index is 0.0212. The van der Waals surface area contributed by atoms with Crippen molar-refractivity contribution in [2.45, 2.75) is 51.1 Å². The van der Waals surface area contributed by atoms with E-state index in [1.54, 1.807) is 7.11 Å². The van der Waals surface area contributed by atoms with Crippen molar-refractivity contribution in [2.75, 3.05) is 20.3 Å². The van der Waals surface area contributed by atoms with Gasteiger partial charge in [0.2, 0.25) is 0 Å². The highest BCUT2D eigenvalue weighted by molar-refractivity contribution is 5.87. The first-order valence-corrected chi connectivity index (χ1v) is 9.60. The van der Waals surface area contributed by atoms with E-state index in [0.717, 1.165) is 49.8 Å². The highest BCUT2D eigenvalue weighted by atomic mass is 16.5. The van der Waals surface area contributed by atoms with Crippen LogP contribution in [0.25, 0.3) is 6.08 Å². The predicted octanol–water partition coefficient (Wildman–Crippen LogP) is 4.60. The van der Waals surface area contributed by atoms with Gasteiger partial charge in [-0.15, -0.1) is 0 Å². The Morgan fingerprint density at radius 1 is 1.42 bits per heavy atom. The molecule has 0 aliphatic carbocycles. The van der Waals surface area contributed by atoms with Crippen molar-refractivity contribution >= 4 is 12.0 Å². The van der Waals surface area contributed by atoms with E-state index in [9.17, 15) is 4.79 Å². The van der Waals surface area contributed by atoms with Crippen LogP contribution in [0.2, 0.25) is 0 Å². The topological polar surface area (TPSA) is 32.8 Å². The molecular formula is C22H32N2O2. The van der Waals surface area contributed by atoms with Gasteiger partial charge in [-0.2, -0.15) is 0 Å². The van der Waals surface area contributed by atoms with Gasteiger partial charge in [-0.3, -0.25) is 9.80 Å². The first kappa shape index (κ1) is 20.4. The Morgan fingerprint density at radius 3 is 2.85 bits per heavy atom. The molecule has 4 heteroatoms. The summed E-state index contributed by atoms with van der Waals surface area (Å²) in [6.07, 6.45) is 8.47. The molecule has 26 heavy (non-hydrogen) atoms. The van der Waals surface area contributed by atoms with Crippen molar-refractivity contribution in [3.05, 3.63) is 54.6 Å². The van der Waals surface area contributed by atoms with Crippen molar-refractivity contribution in [3.63, 3.8) is 0 Å². The number of hydrogen-bond acceptors (Lipinski definition) is 3. The van der Waals surface area contributed by atoms with Crippen molar-refractivity contribution < 1.29 is 9.53 Å². The van der Waals surface area contributed by atoms with Gasteiger partial charge in [0.05, 0.1) is 18.7 Å². The fourth-order valence-corrected chi connectivity index (χ4v) is 3.83. The fourth-order valence-electron chi connectivity index (χ4n) is 3.83. The third-order valence-electron chi connectivity index (χ3n) is 5.08. The molecule has 1 aromatic carbocycles. The molecule has 1 heterocycles. The maximum Gasteiger partial charge on any atom is 0.260 e. The van der Waals surface area contributed by atoms with Gasteiger partial charge in [0.15, 0.2) is 0 Å². The number of nitrogens with zero attached hydrogens (tertiary/aromatic N) is 2. The number of methoxy groups -OCH3 is 1. The number of hydrogen-bond donors (Lipinski definition) is 0. The number of ether oxygens (including phenoxy) is 1. The van der Waals surface area contributed by atoms with Crippen LogP contribution in [0.4, 0.5) is 0 Å². The van der Waals surface area contributed by atoms with E-state index in [2.05, 4.69) is 37.2 Å². The van der Waals surface area contributed by atoms with Crippen LogP contribution in [-0.2, 0) is 9.53 Å². The van der Waals surface area contributed by atoms with E-state index in [0.29, 0.717) is 6.61 Å². The van der Waals surface area contributed by atoms with Gasteiger partial charge >= 0.3 is 0 Å². The zero-order chi connectivity index (χ0) is 18.9. The molecule has 1 aliphatic heterocycles. The third-order valence-corrected chi connectivity index (χ3v) is 5.08. The Morgan fingerprint density at radius 2 is 2.19 bits per heavy atom. The summed E-state index contributed by atoms with van der Waals surface area (Å²) < 4.78 is 5.41. The maximum absolute atomic E-state index is 12.9. The van der Waals surface area contributed by atoms with E-state index < -0.39 is 0 Å². The van der Waals surface area contributed by atoms with Crippen LogP contribution >= 0.6 is 0 Å². The lowest BCUT2D eigenvalue weighted by molar-refractivity contribution is -0.155. The molecule has 1 aromatic rings. The minimum Gasteiger partial charge on any atom is -0.383 e. The first-order chi connectivity index (χ1) is 12.7. The molecule has 0 radical (unpaired) electrons. The molecule has 2 rings (SSSR count). The number of amides is 1. The highest BCUT2D eigenvalue weighted by Crippen LogP contribution is 2.34. The Kier molecular flexibility index (Phi) is 8.07. The molecular weight excluding hydrogens is 324 g/mol. The second kappa shape index (κ2) is 10.3. The second-order valence-electron chi connectivity index (χ2n) is 6.79. The van der Waals surface area contributed by atoms with Crippen LogP contribution in [0.3, 0.4) is 0 Å². The van der Waals surface area contributed by atoms with Crippen LogP contribution in [0.1, 0.15) is 56.2 Å². The van der Waals surface area contributed by atoms with Gasteiger partial charge in [-0.1, -0.05) is 63.3 Å². The predicted molar refractivity (Wildman–Crippen MR) is 107 cm³/mol. The number of benzene rings is 1. The standard InChI is InChI=1S/C22H32N2O2/c1-5-8-15-21(20-14-10-9-12-18(20)6-2)24(22(25)7-3)23-16-11-13-19(23)17-26-4/h6-7,9-10,12,14,19,21H,2-3,5,8,11,13,15-17H2,1,4H3/t19-,21+/m0/s1. The molecule has 0 saturated carbocycles. The number of hydrazine groups is 1. The summed E-state index contributed by atoms with van der Waals surface area (Å²) in [5.74, 6) is -0.0482. The van der Waals surface area contributed by atoms with Crippen LogP contribution < -0.4 is 0 Å². The highest BCUT2D eigenvalue weighted by Gasteiger charge is 2.36. The summed E-state index contributed by atoms with van der Waals surface area (Å²) >= 11 is 0. The summed E-state index contributed by atoms with van der Waals surface area (Å²) in [6, 6.07) is 8.43. The molecule has 1 fully saturated rings. The fraction of sp³-hybridized carbons (Fsp3) is 0.500. The van der Waals surface area contributed by atoms with E-state index >= 15 is 0 Å². The SMILES string of the molecule is C=CC(=O)N([C@H](CCCC)c1ccccc1C=C)N1CCC[C@H]1COC. The Labute approximate surface area is 158 Å². The monoisotopic (exact) mass is 356 g/mol. The molecule has 1 aliphatic rings. The van der Waals surface area contributed by atoms with E-state index in [4.69, 9.17) is 4.74 Å². The second-order valence-corrected chi connectivity index (χ2v) is 6.79. The van der Waals surface area contributed by atoms with Gasteiger partial charge < -0.3 is 4.74 Å². The van der Waals surface area contributed by atoms with E-state index in [-0.39, 0.29) is 18.0 Å². The zero-order valence-electron chi connectivity index (χ0n) is 16.2. The van der Waals surface area contributed by atoms with Gasteiger partial charge in [0.1, 0.15) is 0 Å². The average Bonchev–Trinajstić information content (AvgIpc) is 3.12. The van der Waals surface area contributed by atoms with Crippen molar-refractivity contribution in [1.82, 2.24) is 10.0 Å². The summed E-state index contributed by atoms with van der Waals surface area (Å²) in [5.41, 5.74) is 2.23. The van der Waals surface area contributed by atoms with Gasteiger partial charge in [0, 0.05) is 13.7 Å². The molecule has 0 aromatic heterocycles. The van der Waals surface area contributed by atoms with Gasteiger partial charge in [-0.25, -0.2) is 5.01 Å². The molecule has 142 valence electrons. The molecule has 2 atom stereocenters. The largest absolute Gasteiger partial charge is 0.383 e. The summed E-state index contributed by atoms with van der Waals surface area (Å²) in [5, 5.41) is 4.13. The van der Waals surface area contributed by atoms with E-state index in [1.807, 2.05) is 23.2 Å². The quantitative estimate of drug-likeness (QED) is 0.574. The first-order valence-electron chi connectivity index (χ1n) is 9.60. The molecule has 0 unspecified atom stereocenters. The Balaban J connectivity index is 2.46.